The highest BCUT2D eigenvalue weighted by atomic mass is 32.2. The molecule has 1 unspecified atom stereocenters. The van der Waals surface area contributed by atoms with Gasteiger partial charge in [-0.05, 0) is 19.1 Å². The van der Waals surface area contributed by atoms with E-state index in [0.717, 1.165) is 12.2 Å². The van der Waals surface area contributed by atoms with Crippen molar-refractivity contribution in [2.45, 2.75) is 25.5 Å². The van der Waals surface area contributed by atoms with Crippen LogP contribution in [-0.4, -0.2) is 16.9 Å². The maximum Gasteiger partial charge on any atom is 0.246 e. The number of thioether (sulfide) groups is 1. The average molecular weight is 162 g/mol. The molecule has 0 rings (SSSR count). The lowest BCUT2D eigenvalue weighted by Gasteiger charge is -2.06. The van der Waals surface area contributed by atoms with Gasteiger partial charge in [-0.3, -0.25) is 10.2 Å². The zero-order chi connectivity index (χ0) is 7.98. The van der Waals surface area contributed by atoms with E-state index >= 15 is 0 Å². The van der Waals surface area contributed by atoms with Crippen LogP contribution in [0.15, 0.2) is 0 Å². The fourth-order valence-electron chi connectivity index (χ4n) is 0.488. The van der Waals surface area contributed by atoms with Crippen LogP contribution in [0, 0.1) is 0 Å². The van der Waals surface area contributed by atoms with Gasteiger partial charge < -0.3 is 0 Å². The number of amides is 1. The predicted molar refractivity (Wildman–Crippen MR) is 44.5 cm³/mol. The molecule has 0 bridgehead atoms. The second kappa shape index (κ2) is 5.56. The Labute approximate surface area is 65.7 Å². The summed E-state index contributed by atoms with van der Waals surface area (Å²) in [5.74, 6) is 5.84. The predicted octanol–water partition coefficient (Wildman–Crippen LogP) is 0.508. The molecule has 3 nitrogen and oxygen atoms in total. The number of rotatable bonds is 4. The minimum atomic E-state index is -0.0987. The van der Waals surface area contributed by atoms with Crippen LogP contribution in [0.3, 0.4) is 0 Å². The molecule has 3 N–H and O–H groups in total. The Morgan fingerprint density at radius 2 is 2.40 bits per heavy atom. The molecule has 1 atom stereocenters. The average Bonchev–Trinajstić information content (AvgIpc) is 1.98. The van der Waals surface area contributed by atoms with Crippen molar-refractivity contribution in [1.82, 2.24) is 5.43 Å². The molecule has 0 heterocycles. The first-order valence-corrected chi connectivity index (χ1v) is 4.39. The quantitative estimate of drug-likeness (QED) is 0.360. The lowest BCUT2D eigenvalue weighted by Crippen LogP contribution is -2.36. The molecule has 0 aliphatic carbocycles. The summed E-state index contributed by atoms with van der Waals surface area (Å²) in [5.41, 5.74) is 2.11. The Morgan fingerprint density at radius 3 is 2.80 bits per heavy atom. The third-order valence-electron chi connectivity index (χ3n) is 1.08. The molecule has 0 saturated heterocycles. The molecule has 0 fully saturated rings. The third-order valence-corrected chi connectivity index (χ3v) is 2.44. The molecule has 0 aliphatic rings. The Kier molecular flexibility index (Phi) is 5.43. The van der Waals surface area contributed by atoms with Crippen molar-refractivity contribution < 1.29 is 4.79 Å². The Hall–Kier alpha value is -0.220. The summed E-state index contributed by atoms with van der Waals surface area (Å²) in [7, 11) is 0. The summed E-state index contributed by atoms with van der Waals surface area (Å²) in [6.07, 6.45) is 1.09. The number of hydrogen-bond donors (Lipinski definition) is 2. The lowest BCUT2D eigenvalue weighted by atomic mass is 10.5. The van der Waals surface area contributed by atoms with Crippen LogP contribution in [0.4, 0.5) is 0 Å². The molecule has 4 heteroatoms. The monoisotopic (exact) mass is 162 g/mol. The molecule has 10 heavy (non-hydrogen) atoms. The number of nitrogens with two attached hydrogens (primary N) is 1. The Bertz CT molecular complexity index is 108. The van der Waals surface area contributed by atoms with Gasteiger partial charge in [0.2, 0.25) is 5.91 Å². The minimum Gasteiger partial charge on any atom is -0.293 e. The molecule has 0 radical (unpaired) electrons. The summed E-state index contributed by atoms with van der Waals surface area (Å²) in [5, 5.41) is -0.0232. The van der Waals surface area contributed by atoms with Gasteiger partial charge in [0, 0.05) is 0 Å². The summed E-state index contributed by atoms with van der Waals surface area (Å²) in [6.45, 7) is 3.93. The normalized spacial score (nSPS) is 12.7. The standard InChI is InChI=1S/C6H14N2OS/c1-3-4-10-5(2)6(9)8-7/h5H,3-4,7H2,1-2H3,(H,8,9). The van der Waals surface area contributed by atoms with E-state index in [4.69, 9.17) is 5.84 Å². The molecule has 0 spiro atoms. The Balaban J connectivity index is 3.41. The first-order valence-electron chi connectivity index (χ1n) is 3.34. The highest BCUT2D eigenvalue weighted by Gasteiger charge is 2.09. The number of carbonyl (C=O) groups excluding carboxylic acids is 1. The van der Waals surface area contributed by atoms with Gasteiger partial charge in [0.05, 0.1) is 5.25 Å². The van der Waals surface area contributed by atoms with E-state index in [1.54, 1.807) is 11.8 Å². The van der Waals surface area contributed by atoms with Gasteiger partial charge in [-0.1, -0.05) is 6.92 Å². The molecule has 0 saturated carbocycles. The van der Waals surface area contributed by atoms with Crippen LogP contribution in [0.25, 0.3) is 0 Å². The molecule has 60 valence electrons. The van der Waals surface area contributed by atoms with Crippen molar-refractivity contribution in [2.24, 2.45) is 5.84 Å². The molecule has 0 aromatic carbocycles. The van der Waals surface area contributed by atoms with Crippen LogP contribution in [0.2, 0.25) is 0 Å². The second-order valence-electron chi connectivity index (χ2n) is 2.02. The zero-order valence-electron chi connectivity index (χ0n) is 6.39. The smallest absolute Gasteiger partial charge is 0.246 e. The molecule has 0 aromatic heterocycles. The Morgan fingerprint density at radius 1 is 1.80 bits per heavy atom. The van der Waals surface area contributed by atoms with Crippen molar-refractivity contribution in [1.29, 1.82) is 0 Å². The van der Waals surface area contributed by atoms with Crippen molar-refractivity contribution in [3.05, 3.63) is 0 Å². The number of carbonyl (C=O) groups is 1. The summed E-state index contributed by atoms with van der Waals surface area (Å²) in [4.78, 5) is 10.8. The van der Waals surface area contributed by atoms with E-state index in [1.807, 2.05) is 6.92 Å². The van der Waals surface area contributed by atoms with Gasteiger partial charge in [0.1, 0.15) is 0 Å². The fraction of sp³-hybridized carbons (Fsp3) is 0.833. The van der Waals surface area contributed by atoms with Gasteiger partial charge >= 0.3 is 0 Å². The first-order chi connectivity index (χ1) is 4.72. The van der Waals surface area contributed by atoms with E-state index in [9.17, 15) is 4.79 Å². The van der Waals surface area contributed by atoms with Crippen molar-refractivity contribution in [2.75, 3.05) is 5.75 Å². The maximum absolute atomic E-state index is 10.8. The lowest BCUT2D eigenvalue weighted by molar-refractivity contribution is -0.120. The van der Waals surface area contributed by atoms with Crippen molar-refractivity contribution in [3.63, 3.8) is 0 Å². The second-order valence-corrected chi connectivity index (χ2v) is 3.47. The van der Waals surface area contributed by atoms with E-state index in [2.05, 4.69) is 12.3 Å². The molecule has 0 aliphatic heterocycles. The number of hydrazine groups is 1. The molecule has 0 aromatic rings. The van der Waals surface area contributed by atoms with Crippen molar-refractivity contribution in [3.8, 4) is 0 Å². The SMILES string of the molecule is CCCSC(C)C(=O)NN. The minimum absolute atomic E-state index is 0.0232. The van der Waals surface area contributed by atoms with Crippen LogP contribution in [-0.2, 0) is 4.79 Å². The van der Waals surface area contributed by atoms with E-state index in [0.29, 0.717) is 0 Å². The fourth-order valence-corrected chi connectivity index (χ4v) is 1.30. The van der Waals surface area contributed by atoms with Crippen LogP contribution < -0.4 is 11.3 Å². The number of nitrogens with one attached hydrogen (secondary N) is 1. The van der Waals surface area contributed by atoms with Gasteiger partial charge in [-0.15, -0.1) is 11.8 Å². The van der Waals surface area contributed by atoms with Gasteiger partial charge in [0.25, 0.3) is 0 Å². The summed E-state index contributed by atoms with van der Waals surface area (Å²) >= 11 is 1.62. The third kappa shape index (κ3) is 3.74. The zero-order valence-corrected chi connectivity index (χ0v) is 7.20. The molecular formula is C6H14N2OS. The molecular weight excluding hydrogens is 148 g/mol. The summed E-state index contributed by atoms with van der Waals surface area (Å²) < 4.78 is 0. The summed E-state index contributed by atoms with van der Waals surface area (Å²) in [6, 6.07) is 0. The van der Waals surface area contributed by atoms with E-state index in [-0.39, 0.29) is 11.2 Å². The molecule has 1 amide bonds. The van der Waals surface area contributed by atoms with Crippen LogP contribution >= 0.6 is 11.8 Å². The van der Waals surface area contributed by atoms with Gasteiger partial charge in [0.15, 0.2) is 0 Å². The van der Waals surface area contributed by atoms with Crippen LogP contribution in [0.5, 0.6) is 0 Å². The van der Waals surface area contributed by atoms with E-state index < -0.39 is 0 Å². The highest BCUT2D eigenvalue weighted by Crippen LogP contribution is 2.10. The van der Waals surface area contributed by atoms with Crippen LogP contribution in [0.1, 0.15) is 20.3 Å². The van der Waals surface area contributed by atoms with Crippen molar-refractivity contribution >= 4 is 17.7 Å². The highest BCUT2D eigenvalue weighted by molar-refractivity contribution is 8.00. The largest absolute Gasteiger partial charge is 0.293 e. The van der Waals surface area contributed by atoms with E-state index in [1.165, 1.54) is 0 Å². The van der Waals surface area contributed by atoms with Gasteiger partial charge in [-0.25, -0.2) is 5.84 Å². The number of hydrogen-bond acceptors (Lipinski definition) is 3. The maximum atomic E-state index is 10.8. The topological polar surface area (TPSA) is 55.1 Å². The first kappa shape index (κ1) is 9.78. The van der Waals surface area contributed by atoms with Gasteiger partial charge in [-0.2, -0.15) is 0 Å².